The van der Waals surface area contributed by atoms with Crippen molar-refractivity contribution in [3.05, 3.63) is 155 Å². The van der Waals surface area contributed by atoms with Crippen molar-refractivity contribution in [2.75, 3.05) is 0 Å². The van der Waals surface area contributed by atoms with E-state index in [4.69, 9.17) is 4.74 Å². The van der Waals surface area contributed by atoms with E-state index >= 15 is 0 Å². The van der Waals surface area contributed by atoms with Gasteiger partial charge >= 0.3 is 0 Å². The van der Waals surface area contributed by atoms with E-state index in [0.717, 1.165) is 33.8 Å². The summed E-state index contributed by atoms with van der Waals surface area (Å²) in [7, 11) is 0. The summed E-state index contributed by atoms with van der Waals surface area (Å²) in [6.45, 7) is 0. The van der Waals surface area contributed by atoms with Crippen LogP contribution in [0.2, 0.25) is 0 Å². The summed E-state index contributed by atoms with van der Waals surface area (Å²) < 4.78 is 6.44. The van der Waals surface area contributed by atoms with E-state index in [-0.39, 0.29) is 11.7 Å². The minimum Gasteiger partial charge on any atom is -0.456 e. The summed E-state index contributed by atoms with van der Waals surface area (Å²) in [5, 5.41) is 0. The maximum absolute atomic E-state index is 12.9. The minimum atomic E-state index is -0.0452. The molecule has 0 radical (unpaired) electrons. The molecule has 0 saturated carbocycles. The fraction of sp³-hybridized carbons (Fsp3) is 0.0333. The maximum atomic E-state index is 12.9. The molecule has 1 atom stereocenters. The summed E-state index contributed by atoms with van der Waals surface area (Å²) in [5.74, 6) is 1.54. The molecule has 1 heterocycles. The fourth-order valence-corrected chi connectivity index (χ4v) is 4.14. The molecule has 0 saturated heterocycles. The number of allylic oxidation sites excluding steroid dienone is 3. The summed E-state index contributed by atoms with van der Waals surface area (Å²) in [4.78, 5) is 12.9. The van der Waals surface area contributed by atoms with Crippen LogP contribution in [0.3, 0.4) is 0 Å². The molecule has 0 aromatic heterocycles. The third-order valence-electron chi connectivity index (χ3n) is 5.66. The number of hydrogen-bond donors (Lipinski definition) is 0. The Bertz CT molecular complexity index is 1290. The van der Waals surface area contributed by atoms with Crippen LogP contribution in [0.25, 0.3) is 5.76 Å². The van der Waals surface area contributed by atoms with Crippen LogP contribution in [0.5, 0.6) is 5.75 Å². The number of ether oxygens (including phenoxy) is 1. The van der Waals surface area contributed by atoms with E-state index in [9.17, 15) is 4.79 Å². The van der Waals surface area contributed by atoms with Crippen LogP contribution >= 0.6 is 0 Å². The van der Waals surface area contributed by atoms with Crippen LogP contribution in [-0.2, 0) is 0 Å². The van der Waals surface area contributed by atoms with E-state index in [0.29, 0.717) is 5.56 Å². The van der Waals surface area contributed by atoms with Crippen molar-refractivity contribution >= 4 is 11.5 Å². The van der Waals surface area contributed by atoms with Crippen LogP contribution in [0.1, 0.15) is 33.0 Å². The molecule has 0 N–H and O–H groups in total. The molecule has 4 aromatic rings. The normalized spacial score (nSPS) is 15.3. The molecular weight excluding hydrogens is 392 g/mol. The predicted octanol–water partition coefficient (Wildman–Crippen LogP) is 7.06. The Morgan fingerprint density at radius 3 is 2.00 bits per heavy atom. The number of para-hydroxylation sites is 1. The van der Waals surface area contributed by atoms with Crippen molar-refractivity contribution in [2.24, 2.45) is 0 Å². The second-order valence-corrected chi connectivity index (χ2v) is 7.70. The minimum absolute atomic E-state index is 0.0313. The quantitative estimate of drug-likeness (QED) is 0.258. The number of hydrogen-bond acceptors (Lipinski definition) is 2. The van der Waals surface area contributed by atoms with Crippen LogP contribution in [0.4, 0.5) is 0 Å². The molecule has 0 bridgehead atoms. The molecule has 1 aliphatic heterocycles. The molecule has 1 aliphatic rings. The molecule has 0 aliphatic carbocycles. The molecule has 2 heteroatoms. The first-order chi connectivity index (χ1) is 15.8. The number of ketones is 1. The largest absolute Gasteiger partial charge is 0.456 e. The van der Waals surface area contributed by atoms with Gasteiger partial charge in [0.05, 0.1) is 0 Å². The summed E-state index contributed by atoms with van der Waals surface area (Å²) in [5.41, 5.74) is 4.85. The number of carbonyl (C=O) groups is 1. The summed E-state index contributed by atoms with van der Waals surface area (Å²) in [6.07, 6.45) is 3.58. The number of carbonyl (C=O) groups excluding carboxylic acids is 1. The van der Waals surface area contributed by atoms with Crippen molar-refractivity contribution in [1.82, 2.24) is 0 Å². The van der Waals surface area contributed by atoms with Gasteiger partial charge in [-0.3, -0.25) is 4.79 Å². The Labute approximate surface area is 188 Å². The van der Waals surface area contributed by atoms with Gasteiger partial charge in [0.25, 0.3) is 0 Å². The van der Waals surface area contributed by atoms with Crippen LogP contribution < -0.4 is 4.74 Å². The average molecular weight is 415 g/mol. The summed E-state index contributed by atoms with van der Waals surface area (Å²) >= 11 is 0. The second kappa shape index (κ2) is 8.91. The van der Waals surface area contributed by atoms with E-state index in [1.807, 2.05) is 103 Å². The van der Waals surface area contributed by atoms with Gasteiger partial charge in [0, 0.05) is 28.2 Å². The average Bonchev–Trinajstić information content (AvgIpc) is 2.88. The van der Waals surface area contributed by atoms with Crippen molar-refractivity contribution in [2.45, 2.75) is 5.92 Å². The molecular formula is C30H22O2. The third kappa shape index (κ3) is 3.91. The molecule has 5 rings (SSSR count). The van der Waals surface area contributed by atoms with E-state index in [1.165, 1.54) is 0 Å². The first kappa shape index (κ1) is 19.8. The highest BCUT2D eigenvalue weighted by molar-refractivity contribution is 6.05. The van der Waals surface area contributed by atoms with E-state index in [2.05, 4.69) is 18.2 Å². The molecule has 0 amide bonds. The highest BCUT2D eigenvalue weighted by Crippen LogP contribution is 2.46. The molecule has 2 nitrogen and oxygen atoms in total. The monoisotopic (exact) mass is 414 g/mol. The Hall–Kier alpha value is -4.17. The van der Waals surface area contributed by atoms with Crippen molar-refractivity contribution in [1.29, 1.82) is 0 Å². The smallest absolute Gasteiger partial charge is 0.185 e. The summed E-state index contributed by atoms with van der Waals surface area (Å²) in [6, 6.07) is 37.9. The highest BCUT2D eigenvalue weighted by atomic mass is 16.5. The Morgan fingerprint density at radius 1 is 0.688 bits per heavy atom. The maximum Gasteiger partial charge on any atom is 0.185 e. The Kier molecular flexibility index (Phi) is 5.50. The molecule has 0 spiro atoms. The van der Waals surface area contributed by atoms with Gasteiger partial charge in [-0.2, -0.15) is 0 Å². The van der Waals surface area contributed by atoms with Gasteiger partial charge in [0.1, 0.15) is 11.5 Å². The second-order valence-electron chi connectivity index (χ2n) is 7.70. The molecule has 32 heavy (non-hydrogen) atoms. The van der Waals surface area contributed by atoms with Crippen LogP contribution in [0, 0.1) is 0 Å². The van der Waals surface area contributed by atoms with E-state index < -0.39 is 0 Å². The van der Waals surface area contributed by atoms with E-state index in [1.54, 1.807) is 6.08 Å². The number of benzene rings is 4. The standard InChI is InChI=1S/C30H22O2/c31-27(22-12-4-1-5-13-22)21-20-26-29(23-14-6-2-7-15-23)25-18-10-11-19-28(25)32-30(26)24-16-8-3-9-17-24/h1-21,29H/b21-20+. The van der Waals surface area contributed by atoms with Gasteiger partial charge in [-0.05, 0) is 17.7 Å². The lowest BCUT2D eigenvalue weighted by Crippen LogP contribution is -2.15. The van der Waals surface area contributed by atoms with Crippen molar-refractivity contribution in [3.63, 3.8) is 0 Å². The van der Waals surface area contributed by atoms with Gasteiger partial charge in [-0.15, -0.1) is 0 Å². The fourth-order valence-electron chi connectivity index (χ4n) is 4.14. The Balaban J connectivity index is 1.69. The van der Waals surface area contributed by atoms with Gasteiger partial charge in [-0.1, -0.05) is 115 Å². The van der Waals surface area contributed by atoms with Gasteiger partial charge < -0.3 is 4.74 Å². The molecule has 0 fully saturated rings. The molecule has 1 unspecified atom stereocenters. The Morgan fingerprint density at radius 2 is 1.28 bits per heavy atom. The van der Waals surface area contributed by atoms with Crippen LogP contribution in [-0.4, -0.2) is 5.78 Å². The van der Waals surface area contributed by atoms with Gasteiger partial charge in [-0.25, -0.2) is 0 Å². The zero-order valence-electron chi connectivity index (χ0n) is 17.5. The molecule has 4 aromatic carbocycles. The van der Waals surface area contributed by atoms with Crippen molar-refractivity contribution in [3.8, 4) is 5.75 Å². The number of rotatable bonds is 5. The molecule has 154 valence electrons. The number of fused-ring (bicyclic) bond motifs is 1. The SMILES string of the molecule is O=C(/C=C/C1=C(c2ccccc2)Oc2ccccc2C1c1ccccc1)c1ccccc1. The lowest BCUT2D eigenvalue weighted by atomic mass is 9.81. The zero-order valence-corrected chi connectivity index (χ0v) is 17.5. The van der Waals surface area contributed by atoms with Crippen LogP contribution in [0.15, 0.2) is 133 Å². The topological polar surface area (TPSA) is 26.3 Å². The van der Waals surface area contributed by atoms with Gasteiger partial charge in [0.2, 0.25) is 0 Å². The first-order valence-electron chi connectivity index (χ1n) is 10.7. The first-order valence-corrected chi connectivity index (χ1v) is 10.7. The predicted molar refractivity (Wildman–Crippen MR) is 129 cm³/mol. The van der Waals surface area contributed by atoms with Gasteiger partial charge in [0.15, 0.2) is 5.78 Å². The lowest BCUT2D eigenvalue weighted by Gasteiger charge is -2.30. The lowest BCUT2D eigenvalue weighted by molar-refractivity contribution is 0.104. The van der Waals surface area contributed by atoms with Crippen molar-refractivity contribution < 1.29 is 9.53 Å². The highest BCUT2D eigenvalue weighted by Gasteiger charge is 2.30. The zero-order chi connectivity index (χ0) is 21.8. The third-order valence-corrected chi connectivity index (χ3v) is 5.66.